The number of phosphoric ester groups is 1. The van der Waals surface area contributed by atoms with Crippen LogP contribution in [0.15, 0.2) is 60.8 Å². The molecule has 12 heteroatoms. The molecule has 3 unspecified atom stereocenters. The van der Waals surface area contributed by atoms with Gasteiger partial charge >= 0.3 is 25.7 Å². The van der Waals surface area contributed by atoms with Gasteiger partial charge in [0.05, 0.1) is 19.8 Å². The van der Waals surface area contributed by atoms with Gasteiger partial charge in [-0.25, -0.2) is 4.57 Å². The molecule has 0 aliphatic heterocycles. The van der Waals surface area contributed by atoms with Crippen LogP contribution in [0.25, 0.3) is 0 Å². The number of hydrogen-bond donors (Lipinski definition) is 2. The molecule has 0 radical (unpaired) electrons. The van der Waals surface area contributed by atoms with Crippen molar-refractivity contribution >= 4 is 25.7 Å². The van der Waals surface area contributed by atoms with Crippen LogP contribution in [0.1, 0.15) is 265 Å². The van der Waals surface area contributed by atoms with Gasteiger partial charge in [0.25, 0.3) is 0 Å². The van der Waals surface area contributed by atoms with Crippen molar-refractivity contribution < 1.29 is 52.2 Å². The standard InChI is InChI=1S/C60H107O11P/c1-4-7-10-13-16-19-22-24-26-28-30-32-35-37-40-43-46-49-58(62)67-53-57(71-60(64)51-48-45-42-39-36-33-31-29-27-25-23-20-17-14-11-8-5-2)55-69-72(65,66)68-54-56(52-61)70-59(63)50-47-44-41-38-34-21-18-15-12-9-6-3/h7,10,16,19,24,26,30,32,37,40,56-57,61H,4-6,8-9,11-15,17-18,20-23,25,27-29,31,33-36,38-39,41-55H2,1-3H3,(H,65,66)/b10-7-,19-16-,26-24-,32-30-,40-37-. The lowest BCUT2D eigenvalue weighted by Gasteiger charge is -2.21. The number of esters is 3. The van der Waals surface area contributed by atoms with Gasteiger partial charge in [0.15, 0.2) is 6.10 Å². The van der Waals surface area contributed by atoms with E-state index in [-0.39, 0.29) is 25.9 Å². The van der Waals surface area contributed by atoms with E-state index in [0.29, 0.717) is 25.7 Å². The molecule has 418 valence electrons. The Morgan fingerprint density at radius 2 is 0.722 bits per heavy atom. The third-order valence-electron chi connectivity index (χ3n) is 12.5. The highest BCUT2D eigenvalue weighted by atomic mass is 31.2. The Balaban J connectivity index is 4.78. The fourth-order valence-corrected chi connectivity index (χ4v) is 8.82. The van der Waals surface area contributed by atoms with E-state index >= 15 is 0 Å². The normalized spacial score (nSPS) is 13.8. The largest absolute Gasteiger partial charge is 0.472 e. The van der Waals surface area contributed by atoms with Crippen molar-refractivity contribution in [2.45, 2.75) is 277 Å². The molecule has 3 atom stereocenters. The third kappa shape index (κ3) is 52.1. The first kappa shape index (κ1) is 69.2. The van der Waals surface area contributed by atoms with E-state index < -0.39 is 57.8 Å². The number of unbranched alkanes of at least 4 members (excludes halogenated alkanes) is 27. The molecule has 2 N–H and O–H groups in total. The molecule has 0 aromatic carbocycles. The van der Waals surface area contributed by atoms with E-state index in [9.17, 15) is 28.9 Å². The Labute approximate surface area is 440 Å². The first-order valence-corrected chi connectivity index (χ1v) is 30.7. The van der Waals surface area contributed by atoms with Crippen LogP contribution < -0.4 is 0 Å². The van der Waals surface area contributed by atoms with Crippen molar-refractivity contribution in [3.05, 3.63) is 60.8 Å². The number of hydrogen-bond acceptors (Lipinski definition) is 10. The fourth-order valence-electron chi connectivity index (χ4n) is 8.04. The van der Waals surface area contributed by atoms with Crippen LogP contribution in [0.2, 0.25) is 0 Å². The summed E-state index contributed by atoms with van der Waals surface area (Å²) in [7, 11) is -4.75. The Kier molecular flexibility index (Phi) is 52.3. The Bertz CT molecular complexity index is 1440. The van der Waals surface area contributed by atoms with Crippen LogP contribution >= 0.6 is 7.82 Å². The van der Waals surface area contributed by atoms with Crippen molar-refractivity contribution in [2.75, 3.05) is 26.4 Å². The third-order valence-corrected chi connectivity index (χ3v) is 13.4. The summed E-state index contributed by atoms with van der Waals surface area (Å²) in [5.74, 6) is -1.52. The Morgan fingerprint density at radius 3 is 1.10 bits per heavy atom. The lowest BCUT2D eigenvalue weighted by Crippen LogP contribution is -2.30. The summed E-state index contributed by atoms with van der Waals surface area (Å²) >= 11 is 0. The summed E-state index contributed by atoms with van der Waals surface area (Å²) < 4.78 is 39.5. The predicted octanol–water partition coefficient (Wildman–Crippen LogP) is 17.1. The molecule has 0 aliphatic carbocycles. The summed E-state index contributed by atoms with van der Waals surface area (Å²) in [6, 6.07) is 0. The van der Waals surface area contributed by atoms with Crippen LogP contribution in [-0.4, -0.2) is 66.5 Å². The number of aliphatic hydroxyl groups is 1. The summed E-state index contributed by atoms with van der Waals surface area (Å²) in [5.41, 5.74) is 0. The molecule has 0 saturated heterocycles. The van der Waals surface area contributed by atoms with E-state index in [1.807, 2.05) is 6.08 Å². The molecule has 0 aromatic heterocycles. The number of aliphatic hydroxyl groups excluding tert-OH is 1. The molecule has 0 bridgehead atoms. The van der Waals surface area contributed by atoms with Gasteiger partial charge < -0.3 is 24.2 Å². The highest BCUT2D eigenvalue weighted by molar-refractivity contribution is 7.47. The van der Waals surface area contributed by atoms with Crippen LogP contribution in [0, 0.1) is 0 Å². The van der Waals surface area contributed by atoms with E-state index in [0.717, 1.165) is 70.6 Å². The van der Waals surface area contributed by atoms with Gasteiger partial charge in [0, 0.05) is 19.3 Å². The number of phosphoric acid groups is 1. The maximum Gasteiger partial charge on any atom is 0.472 e. The Hall–Kier alpha value is -2.82. The molecule has 0 aliphatic rings. The summed E-state index contributed by atoms with van der Waals surface area (Å²) in [6.07, 6.45) is 59.0. The second-order valence-corrected chi connectivity index (χ2v) is 20.9. The zero-order valence-corrected chi connectivity index (χ0v) is 47.0. The molecule has 0 aromatic rings. The van der Waals surface area contributed by atoms with E-state index in [4.69, 9.17) is 23.3 Å². The maximum atomic E-state index is 12.9. The number of carbonyl (C=O) groups excluding carboxylic acids is 3. The fraction of sp³-hybridized carbons (Fsp3) is 0.783. The number of ether oxygens (including phenoxy) is 3. The Morgan fingerprint density at radius 1 is 0.403 bits per heavy atom. The topological polar surface area (TPSA) is 155 Å². The quantitative estimate of drug-likeness (QED) is 0.0197. The minimum absolute atomic E-state index is 0.150. The minimum Gasteiger partial charge on any atom is -0.462 e. The van der Waals surface area contributed by atoms with Crippen LogP contribution in [-0.2, 0) is 42.2 Å². The summed E-state index contributed by atoms with van der Waals surface area (Å²) in [6.45, 7) is 4.49. The van der Waals surface area contributed by atoms with Gasteiger partial charge in [-0.3, -0.25) is 23.4 Å². The molecule has 0 fully saturated rings. The zero-order valence-electron chi connectivity index (χ0n) is 46.1. The number of carbonyl (C=O) groups is 3. The van der Waals surface area contributed by atoms with Crippen molar-refractivity contribution in [2.24, 2.45) is 0 Å². The van der Waals surface area contributed by atoms with E-state index in [1.165, 1.54) is 128 Å². The van der Waals surface area contributed by atoms with Gasteiger partial charge in [-0.05, 0) is 57.8 Å². The highest BCUT2D eigenvalue weighted by Crippen LogP contribution is 2.43. The molecule has 72 heavy (non-hydrogen) atoms. The van der Waals surface area contributed by atoms with Crippen LogP contribution in [0.3, 0.4) is 0 Å². The van der Waals surface area contributed by atoms with Crippen molar-refractivity contribution in [1.82, 2.24) is 0 Å². The molecular formula is C60H107O11P. The second kappa shape index (κ2) is 54.4. The smallest absolute Gasteiger partial charge is 0.462 e. The molecule has 0 amide bonds. The predicted molar refractivity (Wildman–Crippen MR) is 298 cm³/mol. The first-order chi connectivity index (χ1) is 35.2. The number of allylic oxidation sites excluding steroid dienone is 10. The minimum atomic E-state index is -4.75. The first-order valence-electron chi connectivity index (χ1n) is 29.2. The van der Waals surface area contributed by atoms with Crippen molar-refractivity contribution in [1.29, 1.82) is 0 Å². The molecule has 0 rings (SSSR count). The molecule has 0 saturated carbocycles. The zero-order chi connectivity index (χ0) is 52.7. The molecule has 0 heterocycles. The molecule has 11 nitrogen and oxygen atoms in total. The summed E-state index contributed by atoms with van der Waals surface area (Å²) in [5, 5.41) is 9.79. The lowest BCUT2D eigenvalue weighted by molar-refractivity contribution is -0.161. The van der Waals surface area contributed by atoms with Gasteiger partial charge in [-0.2, -0.15) is 0 Å². The highest BCUT2D eigenvalue weighted by Gasteiger charge is 2.28. The van der Waals surface area contributed by atoms with Gasteiger partial charge in [0.1, 0.15) is 12.7 Å². The maximum absolute atomic E-state index is 12.9. The lowest BCUT2D eigenvalue weighted by atomic mass is 10.0. The van der Waals surface area contributed by atoms with Gasteiger partial charge in [-0.15, -0.1) is 0 Å². The number of rotatable bonds is 54. The summed E-state index contributed by atoms with van der Waals surface area (Å²) in [4.78, 5) is 48.5. The van der Waals surface area contributed by atoms with E-state index in [1.54, 1.807) is 0 Å². The van der Waals surface area contributed by atoms with Crippen LogP contribution in [0.4, 0.5) is 0 Å². The molecular weight excluding hydrogens is 928 g/mol. The van der Waals surface area contributed by atoms with Gasteiger partial charge in [-0.1, -0.05) is 248 Å². The van der Waals surface area contributed by atoms with Crippen molar-refractivity contribution in [3.8, 4) is 0 Å². The monoisotopic (exact) mass is 1030 g/mol. The average Bonchev–Trinajstić information content (AvgIpc) is 3.37. The second-order valence-electron chi connectivity index (χ2n) is 19.4. The van der Waals surface area contributed by atoms with E-state index in [2.05, 4.69) is 75.5 Å². The molecule has 0 spiro atoms. The average molecular weight is 1040 g/mol. The van der Waals surface area contributed by atoms with Crippen molar-refractivity contribution in [3.63, 3.8) is 0 Å². The van der Waals surface area contributed by atoms with Crippen LogP contribution in [0.5, 0.6) is 0 Å². The SMILES string of the molecule is CC/C=C\C/C=C\C/C=C\C/C=C\C/C=C\CCCC(=O)OCC(COP(=O)(O)OCC(CO)OC(=O)CCCCCCCCCCCCC)OC(=O)CCCCCCCCCCCCCCCCCCC. The van der Waals surface area contributed by atoms with Gasteiger partial charge in [0.2, 0.25) is 0 Å².